The van der Waals surface area contributed by atoms with Crippen LogP contribution in [0.4, 0.5) is 10.1 Å². The van der Waals surface area contributed by atoms with Gasteiger partial charge in [0, 0.05) is 5.69 Å². The summed E-state index contributed by atoms with van der Waals surface area (Å²) < 4.78 is 46.2. The molecule has 37 heavy (non-hydrogen) atoms. The molecule has 4 N–H and O–H groups in total. The molecule has 0 radical (unpaired) electrons. The minimum atomic E-state index is -3.80. The van der Waals surface area contributed by atoms with E-state index in [1.807, 2.05) is 26.0 Å². The van der Waals surface area contributed by atoms with Crippen molar-refractivity contribution in [2.75, 3.05) is 11.9 Å². The van der Waals surface area contributed by atoms with Crippen LogP contribution in [0.25, 0.3) is 5.57 Å². The molecule has 9 heteroatoms. The predicted molar refractivity (Wildman–Crippen MR) is 146 cm³/mol. The van der Waals surface area contributed by atoms with Crippen LogP contribution >= 0.6 is 0 Å². The summed E-state index contributed by atoms with van der Waals surface area (Å²) >= 11 is 0. The van der Waals surface area contributed by atoms with Crippen LogP contribution < -0.4 is 11.1 Å². The van der Waals surface area contributed by atoms with Crippen molar-refractivity contribution in [2.45, 2.75) is 68.9 Å². The van der Waals surface area contributed by atoms with Gasteiger partial charge in [-0.3, -0.25) is 4.99 Å². The summed E-state index contributed by atoms with van der Waals surface area (Å²) in [7, 11) is -3.80. The van der Waals surface area contributed by atoms with Gasteiger partial charge in [0.25, 0.3) is 0 Å². The molecule has 3 aliphatic rings. The maximum Gasteiger partial charge on any atom is 0.170 e. The Morgan fingerprint density at radius 1 is 1.35 bits per heavy atom. The first-order valence-electron chi connectivity index (χ1n) is 12.5. The van der Waals surface area contributed by atoms with E-state index in [-0.39, 0.29) is 24.2 Å². The summed E-state index contributed by atoms with van der Waals surface area (Å²) in [6.07, 6.45) is 5.18. The molecule has 200 valence electrons. The van der Waals surface area contributed by atoms with E-state index in [0.29, 0.717) is 23.2 Å². The van der Waals surface area contributed by atoms with Crippen molar-refractivity contribution in [3.8, 4) is 0 Å². The lowest BCUT2D eigenvalue weighted by molar-refractivity contribution is 0.117. The fourth-order valence-corrected chi connectivity index (χ4v) is 7.65. The smallest absolute Gasteiger partial charge is 0.170 e. The molecule has 2 aliphatic heterocycles. The van der Waals surface area contributed by atoms with Gasteiger partial charge in [0.1, 0.15) is 27.2 Å². The van der Waals surface area contributed by atoms with Crippen LogP contribution in [0.15, 0.2) is 65.5 Å². The molecule has 1 aromatic carbocycles. The number of nitrogens with two attached hydrogens (primary N) is 1. The fraction of sp³-hybridized carbons (Fsp3) is 0.464. The Hall–Kier alpha value is -2.75. The molecule has 2 heterocycles. The van der Waals surface area contributed by atoms with E-state index in [2.05, 4.69) is 11.9 Å². The van der Waals surface area contributed by atoms with E-state index < -0.39 is 37.7 Å². The zero-order valence-electron chi connectivity index (χ0n) is 22.0. The topological polar surface area (TPSA) is 114 Å². The number of hydrogen-bond donors (Lipinski definition) is 3. The lowest BCUT2D eigenvalue weighted by Crippen LogP contribution is -2.61. The summed E-state index contributed by atoms with van der Waals surface area (Å²) in [5.74, 6) is -0.468. The molecular formula is C28H36FN3O4S. The number of aliphatic hydroxyl groups is 1. The number of benzene rings is 1. The van der Waals surface area contributed by atoms with Gasteiger partial charge in [-0.15, -0.1) is 0 Å². The molecule has 0 bridgehead atoms. The minimum Gasteiger partial charge on any atom is -0.386 e. The van der Waals surface area contributed by atoms with Crippen LogP contribution in [-0.2, 0) is 20.1 Å². The highest BCUT2D eigenvalue weighted by Crippen LogP contribution is 2.50. The number of anilines is 1. The van der Waals surface area contributed by atoms with Crippen molar-refractivity contribution in [1.29, 1.82) is 0 Å². The standard InChI is InChI=1S/C28H36FN3O4S/c1-7-18-12-19(8-9-20(29)13-18)25(33)31-21-10-11-22(16(2)3)23(14-21)28-15-36-17(4)24(28)37(34,35)27(5,6)26(30)32-28/h8-14,17-18,24-25,31,33H,2,7,15H2,1,3-6H3,(H2,30,32). The third kappa shape index (κ3) is 4.47. The Morgan fingerprint density at radius 3 is 2.70 bits per heavy atom. The fourth-order valence-electron chi connectivity index (χ4n) is 5.34. The second-order valence-electron chi connectivity index (χ2n) is 10.6. The molecule has 0 spiro atoms. The first kappa shape index (κ1) is 27.3. The molecule has 5 unspecified atom stereocenters. The van der Waals surface area contributed by atoms with Crippen LogP contribution in [0.3, 0.4) is 0 Å². The lowest BCUT2D eigenvalue weighted by Gasteiger charge is -2.43. The first-order chi connectivity index (χ1) is 17.2. The second-order valence-corrected chi connectivity index (χ2v) is 13.2. The number of rotatable bonds is 6. The van der Waals surface area contributed by atoms with Crippen molar-refractivity contribution in [1.82, 2.24) is 0 Å². The number of nitrogens with zero attached hydrogens (tertiary/aromatic N) is 1. The number of aliphatic imine (C=N–C) groups is 1. The highest BCUT2D eigenvalue weighted by atomic mass is 32.2. The molecule has 0 saturated carbocycles. The molecule has 1 fully saturated rings. The van der Waals surface area contributed by atoms with Crippen molar-refractivity contribution < 1.29 is 22.7 Å². The number of aliphatic hydroxyl groups excluding tert-OH is 1. The first-order valence-corrected chi connectivity index (χ1v) is 14.0. The number of ether oxygens (including phenoxy) is 1. The Labute approximate surface area is 218 Å². The van der Waals surface area contributed by atoms with Gasteiger partial charge in [-0.2, -0.15) is 0 Å². The Kier molecular flexibility index (Phi) is 7.03. The summed E-state index contributed by atoms with van der Waals surface area (Å²) in [6, 6.07) is 5.39. The van der Waals surface area contributed by atoms with Gasteiger partial charge in [0.2, 0.25) is 0 Å². The van der Waals surface area contributed by atoms with E-state index in [0.717, 1.165) is 11.1 Å². The molecule has 0 aromatic heterocycles. The number of fused-ring (bicyclic) bond motifs is 1. The van der Waals surface area contributed by atoms with Gasteiger partial charge in [-0.25, -0.2) is 12.8 Å². The number of amidine groups is 1. The van der Waals surface area contributed by atoms with Crippen LogP contribution in [-0.4, -0.2) is 48.3 Å². The SMILES string of the molecule is C=C(C)c1ccc(NC(O)C2=CC(CC)C=C(F)C=C2)cc1C12COC(C)C1S(=O)(=O)C(C)(C)C(N)=N2. The van der Waals surface area contributed by atoms with Crippen molar-refractivity contribution in [2.24, 2.45) is 16.6 Å². The zero-order valence-corrected chi connectivity index (χ0v) is 22.8. The predicted octanol–water partition coefficient (Wildman–Crippen LogP) is 4.37. The average Bonchev–Trinajstić information content (AvgIpc) is 3.04. The number of hydrogen-bond acceptors (Lipinski definition) is 7. The maximum atomic E-state index is 14.0. The van der Waals surface area contributed by atoms with Gasteiger partial charge >= 0.3 is 0 Å². The largest absolute Gasteiger partial charge is 0.386 e. The second kappa shape index (κ2) is 9.53. The molecule has 4 rings (SSSR count). The van der Waals surface area contributed by atoms with Crippen LogP contribution in [0, 0.1) is 5.92 Å². The van der Waals surface area contributed by atoms with Crippen LogP contribution in [0.1, 0.15) is 52.2 Å². The lowest BCUT2D eigenvalue weighted by atomic mass is 9.82. The Balaban J connectivity index is 1.82. The van der Waals surface area contributed by atoms with Gasteiger partial charge in [-0.1, -0.05) is 37.3 Å². The summed E-state index contributed by atoms with van der Waals surface area (Å²) in [5.41, 5.74) is 8.17. The number of allylic oxidation sites excluding steroid dienone is 5. The highest BCUT2D eigenvalue weighted by molar-refractivity contribution is 7.94. The zero-order chi connectivity index (χ0) is 27.3. The Bertz CT molecular complexity index is 1340. The van der Waals surface area contributed by atoms with Gasteiger partial charge in [0.15, 0.2) is 16.1 Å². The summed E-state index contributed by atoms with van der Waals surface area (Å²) in [4.78, 5) is 4.83. The molecule has 7 nitrogen and oxygen atoms in total. The van der Waals surface area contributed by atoms with E-state index in [4.69, 9.17) is 15.5 Å². The number of nitrogens with one attached hydrogen (secondary N) is 1. The third-order valence-corrected chi connectivity index (χ3v) is 10.8. The molecule has 5 atom stereocenters. The third-order valence-electron chi connectivity index (χ3n) is 7.70. The average molecular weight is 530 g/mol. The van der Waals surface area contributed by atoms with E-state index in [1.54, 1.807) is 39.0 Å². The normalized spacial score (nSPS) is 30.9. The minimum absolute atomic E-state index is 0.0291. The van der Waals surface area contributed by atoms with Gasteiger partial charge < -0.3 is 20.9 Å². The monoisotopic (exact) mass is 529 g/mol. The maximum absolute atomic E-state index is 14.0. The summed E-state index contributed by atoms with van der Waals surface area (Å²) in [5, 5.41) is 13.1. The quantitative estimate of drug-likeness (QED) is 0.472. The van der Waals surface area contributed by atoms with E-state index >= 15 is 0 Å². The van der Waals surface area contributed by atoms with Crippen molar-refractivity contribution in [3.63, 3.8) is 0 Å². The van der Waals surface area contributed by atoms with Crippen molar-refractivity contribution in [3.05, 3.63) is 71.6 Å². The molecule has 1 aliphatic carbocycles. The number of halogens is 1. The van der Waals surface area contributed by atoms with Gasteiger partial charge in [-0.05, 0) is 81.0 Å². The molecular weight excluding hydrogens is 493 g/mol. The molecule has 1 saturated heterocycles. The summed E-state index contributed by atoms with van der Waals surface area (Å²) in [6.45, 7) is 12.8. The number of sulfone groups is 1. The molecule has 0 amide bonds. The van der Waals surface area contributed by atoms with Crippen LogP contribution in [0.5, 0.6) is 0 Å². The van der Waals surface area contributed by atoms with Crippen molar-refractivity contribution >= 4 is 26.9 Å². The Morgan fingerprint density at radius 2 is 2.05 bits per heavy atom. The van der Waals surface area contributed by atoms with E-state index in [9.17, 15) is 17.9 Å². The molecule has 1 aromatic rings. The van der Waals surface area contributed by atoms with Gasteiger partial charge in [0.05, 0.1) is 12.7 Å². The van der Waals surface area contributed by atoms with E-state index in [1.165, 1.54) is 12.2 Å². The van der Waals surface area contributed by atoms with Crippen LogP contribution in [0.2, 0.25) is 0 Å². The highest BCUT2D eigenvalue weighted by Gasteiger charge is 2.64.